The number of carboxylic acids is 1. The fourth-order valence-electron chi connectivity index (χ4n) is 3.20. The minimum Gasteiger partial charge on any atom is -0.481 e. The highest BCUT2D eigenvalue weighted by Gasteiger charge is 2.30. The molecule has 3 rings (SSSR count). The Morgan fingerprint density at radius 2 is 2.00 bits per heavy atom. The molecule has 18 heavy (non-hydrogen) atoms. The number of likely N-dealkylation sites (tertiary alicyclic amines) is 1. The van der Waals surface area contributed by atoms with Crippen LogP contribution in [-0.4, -0.2) is 35.6 Å². The fourth-order valence-corrected chi connectivity index (χ4v) is 3.20. The van der Waals surface area contributed by atoms with Gasteiger partial charge >= 0.3 is 5.97 Å². The predicted octanol–water partition coefficient (Wildman–Crippen LogP) is 2.12. The van der Waals surface area contributed by atoms with Crippen molar-refractivity contribution in [1.29, 1.82) is 0 Å². The molecule has 1 aromatic rings. The molecule has 3 heteroatoms. The molecule has 0 radical (unpaired) electrons. The summed E-state index contributed by atoms with van der Waals surface area (Å²) in [6, 6.07) is 8.66. The zero-order valence-electron chi connectivity index (χ0n) is 10.5. The van der Waals surface area contributed by atoms with Crippen LogP contribution in [0.1, 0.15) is 29.9 Å². The minimum absolute atomic E-state index is 0.116. The number of carbonyl (C=O) groups is 1. The van der Waals surface area contributed by atoms with Gasteiger partial charge in [-0.1, -0.05) is 24.3 Å². The third-order valence-corrected chi connectivity index (χ3v) is 4.38. The number of hydrogen-bond acceptors (Lipinski definition) is 2. The molecular weight excluding hydrogens is 226 g/mol. The van der Waals surface area contributed by atoms with E-state index in [4.69, 9.17) is 5.11 Å². The molecule has 0 spiro atoms. The first-order valence-corrected chi connectivity index (χ1v) is 6.77. The van der Waals surface area contributed by atoms with Crippen molar-refractivity contribution in [2.75, 3.05) is 19.6 Å². The average Bonchev–Trinajstić information content (AvgIpc) is 2.36. The molecule has 1 N–H and O–H groups in total. The highest BCUT2D eigenvalue weighted by atomic mass is 16.4. The van der Waals surface area contributed by atoms with Gasteiger partial charge in [-0.2, -0.15) is 0 Å². The Balaban J connectivity index is 1.53. The van der Waals surface area contributed by atoms with E-state index in [2.05, 4.69) is 29.2 Å². The fraction of sp³-hybridized carbons (Fsp3) is 0.533. The lowest BCUT2D eigenvalue weighted by molar-refractivity contribution is -0.143. The Bertz CT molecular complexity index is 450. The quantitative estimate of drug-likeness (QED) is 0.886. The highest BCUT2D eigenvalue weighted by Crippen LogP contribution is 2.35. The zero-order valence-corrected chi connectivity index (χ0v) is 10.5. The molecule has 1 unspecified atom stereocenters. The van der Waals surface area contributed by atoms with Crippen LogP contribution in [0.2, 0.25) is 0 Å². The van der Waals surface area contributed by atoms with Gasteiger partial charge in [-0.05, 0) is 43.5 Å². The molecule has 1 fully saturated rings. The van der Waals surface area contributed by atoms with Gasteiger partial charge in [0.2, 0.25) is 0 Å². The van der Waals surface area contributed by atoms with Crippen LogP contribution in [0.25, 0.3) is 0 Å². The SMILES string of the molecule is O=C(O)C1CCN(CC2Cc3ccccc32)CC1. The monoisotopic (exact) mass is 245 g/mol. The van der Waals surface area contributed by atoms with E-state index >= 15 is 0 Å². The lowest BCUT2D eigenvalue weighted by Crippen LogP contribution is -2.40. The van der Waals surface area contributed by atoms with Crippen LogP contribution in [0.5, 0.6) is 0 Å². The van der Waals surface area contributed by atoms with Crippen molar-refractivity contribution < 1.29 is 9.90 Å². The van der Waals surface area contributed by atoms with Crippen LogP contribution in [0.4, 0.5) is 0 Å². The van der Waals surface area contributed by atoms with Gasteiger partial charge in [0.15, 0.2) is 0 Å². The predicted molar refractivity (Wildman–Crippen MR) is 69.7 cm³/mol. The summed E-state index contributed by atoms with van der Waals surface area (Å²) in [7, 11) is 0. The van der Waals surface area contributed by atoms with E-state index in [1.807, 2.05) is 0 Å². The maximum absolute atomic E-state index is 10.9. The molecule has 1 aromatic carbocycles. The number of aliphatic carboxylic acids is 1. The van der Waals surface area contributed by atoms with Crippen LogP contribution in [0, 0.1) is 5.92 Å². The Morgan fingerprint density at radius 1 is 1.28 bits per heavy atom. The molecule has 0 aromatic heterocycles. The molecule has 0 amide bonds. The normalized spacial score (nSPS) is 24.3. The lowest BCUT2D eigenvalue weighted by Gasteiger charge is -2.37. The maximum Gasteiger partial charge on any atom is 0.306 e. The van der Waals surface area contributed by atoms with E-state index in [0.29, 0.717) is 5.92 Å². The molecule has 1 heterocycles. The second-order valence-corrected chi connectivity index (χ2v) is 5.51. The zero-order chi connectivity index (χ0) is 12.5. The van der Waals surface area contributed by atoms with Gasteiger partial charge in [0, 0.05) is 12.5 Å². The molecule has 1 aliphatic carbocycles. The second kappa shape index (κ2) is 4.73. The summed E-state index contributed by atoms with van der Waals surface area (Å²) >= 11 is 0. The van der Waals surface area contributed by atoms with Crippen molar-refractivity contribution >= 4 is 5.97 Å². The molecule has 1 atom stereocenters. The summed E-state index contributed by atoms with van der Waals surface area (Å²) in [5.41, 5.74) is 2.99. The van der Waals surface area contributed by atoms with Crippen molar-refractivity contribution in [3.63, 3.8) is 0 Å². The summed E-state index contributed by atoms with van der Waals surface area (Å²) in [5, 5.41) is 8.98. The first-order chi connectivity index (χ1) is 8.74. The third-order valence-electron chi connectivity index (χ3n) is 4.38. The van der Waals surface area contributed by atoms with E-state index in [9.17, 15) is 4.79 Å². The Hall–Kier alpha value is -1.35. The van der Waals surface area contributed by atoms with E-state index in [-0.39, 0.29) is 5.92 Å². The first kappa shape index (κ1) is 11.7. The molecular formula is C15H19NO2. The summed E-state index contributed by atoms with van der Waals surface area (Å²) < 4.78 is 0. The van der Waals surface area contributed by atoms with E-state index in [1.165, 1.54) is 17.5 Å². The van der Waals surface area contributed by atoms with Crippen molar-refractivity contribution in [2.45, 2.75) is 25.2 Å². The van der Waals surface area contributed by atoms with Crippen LogP contribution < -0.4 is 0 Å². The van der Waals surface area contributed by atoms with Gasteiger partial charge in [-0.3, -0.25) is 4.79 Å². The van der Waals surface area contributed by atoms with Crippen LogP contribution >= 0.6 is 0 Å². The smallest absolute Gasteiger partial charge is 0.306 e. The van der Waals surface area contributed by atoms with Crippen LogP contribution in [0.3, 0.4) is 0 Å². The van der Waals surface area contributed by atoms with Gasteiger partial charge < -0.3 is 10.0 Å². The van der Waals surface area contributed by atoms with E-state index in [1.54, 1.807) is 0 Å². The molecule has 0 bridgehead atoms. The van der Waals surface area contributed by atoms with Gasteiger partial charge in [-0.25, -0.2) is 0 Å². The third kappa shape index (κ3) is 2.15. The molecule has 2 aliphatic rings. The van der Waals surface area contributed by atoms with Gasteiger partial charge in [-0.15, -0.1) is 0 Å². The molecule has 96 valence electrons. The first-order valence-electron chi connectivity index (χ1n) is 6.77. The van der Waals surface area contributed by atoms with E-state index in [0.717, 1.165) is 32.5 Å². The standard InChI is InChI=1S/C15H19NO2/c17-15(18)11-5-7-16(8-6-11)10-13-9-12-3-1-2-4-14(12)13/h1-4,11,13H,5-10H2,(H,17,18). The highest BCUT2D eigenvalue weighted by molar-refractivity contribution is 5.70. The number of nitrogens with zero attached hydrogens (tertiary/aromatic N) is 1. The molecule has 1 aliphatic heterocycles. The number of benzene rings is 1. The number of piperidine rings is 1. The molecule has 3 nitrogen and oxygen atoms in total. The van der Waals surface area contributed by atoms with Gasteiger partial charge in [0.05, 0.1) is 5.92 Å². The lowest BCUT2D eigenvalue weighted by atomic mass is 9.77. The van der Waals surface area contributed by atoms with Crippen LogP contribution in [-0.2, 0) is 11.2 Å². The second-order valence-electron chi connectivity index (χ2n) is 5.51. The summed E-state index contributed by atoms with van der Waals surface area (Å²) in [6.07, 6.45) is 2.81. The number of rotatable bonds is 3. The van der Waals surface area contributed by atoms with Gasteiger partial charge in [0.1, 0.15) is 0 Å². The Morgan fingerprint density at radius 3 is 2.67 bits per heavy atom. The van der Waals surface area contributed by atoms with Crippen molar-refractivity contribution in [1.82, 2.24) is 4.90 Å². The Labute approximate surface area is 107 Å². The number of fused-ring (bicyclic) bond motifs is 1. The van der Waals surface area contributed by atoms with Crippen molar-refractivity contribution in [3.8, 4) is 0 Å². The largest absolute Gasteiger partial charge is 0.481 e. The number of hydrogen-bond donors (Lipinski definition) is 1. The molecule has 0 saturated carbocycles. The maximum atomic E-state index is 10.9. The Kier molecular flexibility index (Phi) is 3.08. The minimum atomic E-state index is -0.622. The average molecular weight is 245 g/mol. The van der Waals surface area contributed by atoms with E-state index < -0.39 is 5.97 Å². The summed E-state index contributed by atoms with van der Waals surface area (Å²) in [6.45, 7) is 2.98. The van der Waals surface area contributed by atoms with Gasteiger partial charge in [0.25, 0.3) is 0 Å². The van der Waals surface area contributed by atoms with Crippen LogP contribution in [0.15, 0.2) is 24.3 Å². The summed E-state index contributed by atoms with van der Waals surface area (Å²) in [5.74, 6) is -0.0684. The van der Waals surface area contributed by atoms with Crippen molar-refractivity contribution in [2.24, 2.45) is 5.92 Å². The summed E-state index contributed by atoms with van der Waals surface area (Å²) in [4.78, 5) is 13.3. The number of carboxylic acid groups (broad SMARTS) is 1. The van der Waals surface area contributed by atoms with Crippen molar-refractivity contribution in [3.05, 3.63) is 35.4 Å². The topological polar surface area (TPSA) is 40.5 Å². The molecule has 1 saturated heterocycles.